The topological polar surface area (TPSA) is 65.5 Å². The van der Waals surface area contributed by atoms with E-state index in [0.29, 0.717) is 12.1 Å². The van der Waals surface area contributed by atoms with Gasteiger partial charge in [-0.3, -0.25) is 9.78 Å². The number of fused-ring (bicyclic) bond motifs is 1. The number of amides is 1. The summed E-state index contributed by atoms with van der Waals surface area (Å²) in [5.74, 6) is -0.274. The summed E-state index contributed by atoms with van der Waals surface area (Å²) in [6.45, 7) is 0. The predicted octanol–water partition coefficient (Wildman–Crippen LogP) is 1.54. The van der Waals surface area contributed by atoms with Crippen LogP contribution in [0.15, 0.2) is 42.6 Å². The molecule has 0 bridgehead atoms. The van der Waals surface area contributed by atoms with Crippen molar-refractivity contribution < 1.29 is 9.90 Å². The van der Waals surface area contributed by atoms with Crippen LogP contribution in [0.2, 0.25) is 0 Å². The number of carbonyl (C=O) groups is 1. The summed E-state index contributed by atoms with van der Waals surface area (Å²) < 4.78 is 0. The second-order valence-corrected chi connectivity index (χ2v) is 5.72. The molecule has 1 heterocycles. The quantitative estimate of drug-likeness (QED) is 0.902. The molecular weight excluding hydrogens is 278 g/mol. The van der Waals surface area contributed by atoms with Gasteiger partial charge in [0.15, 0.2) is 0 Å². The van der Waals surface area contributed by atoms with E-state index in [9.17, 15) is 9.90 Å². The third kappa shape index (κ3) is 2.67. The zero-order valence-corrected chi connectivity index (χ0v) is 12.7. The zero-order valence-electron chi connectivity index (χ0n) is 12.7. The average Bonchev–Trinajstić information content (AvgIpc) is 2.83. The largest absolute Gasteiger partial charge is 0.390 e. The van der Waals surface area contributed by atoms with Gasteiger partial charge in [0.05, 0.1) is 12.1 Å². The molecule has 3 rings (SSSR count). The van der Waals surface area contributed by atoms with Crippen LogP contribution in [0.4, 0.5) is 5.69 Å². The standard InChI is InChI=1S/C17H19N3O2/c1-20(2)12-7-8-18-14(10-12)17(22)19-16-13-6-4-3-5-11(13)9-15(16)21/h3-8,10,15-16,21H,9H2,1-2H3,(H,19,22). The van der Waals surface area contributed by atoms with Crippen molar-refractivity contribution in [3.8, 4) is 0 Å². The van der Waals surface area contributed by atoms with Crippen LogP contribution in [-0.4, -0.2) is 36.2 Å². The predicted molar refractivity (Wildman–Crippen MR) is 84.9 cm³/mol. The SMILES string of the molecule is CN(C)c1ccnc(C(=O)NC2c3ccccc3CC2O)c1. The number of pyridine rings is 1. The van der Waals surface area contributed by atoms with Crippen molar-refractivity contribution in [3.63, 3.8) is 0 Å². The number of carbonyl (C=O) groups excluding carboxylic acids is 1. The van der Waals surface area contributed by atoms with E-state index < -0.39 is 6.10 Å². The highest BCUT2D eigenvalue weighted by atomic mass is 16.3. The first-order valence-corrected chi connectivity index (χ1v) is 7.26. The van der Waals surface area contributed by atoms with E-state index in [1.54, 1.807) is 12.3 Å². The summed E-state index contributed by atoms with van der Waals surface area (Å²) >= 11 is 0. The zero-order chi connectivity index (χ0) is 15.7. The first kappa shape index (κ1) is 14.5. The fourth-order valence-corrected chi connectivity index (χ4v) is 2.78. The van der Waals surface area contributed by atoms with Crippen LogP contribution in [-0.2, 0) is 6.42 Å². The van der Waals surface area contributed by atoms with E-state index in [1.165, 1.54) is 0 Å². The Balaban J connectivity index is 1.81. The highest BCUT2D eigenvalue weighted by molar-refractivity contribution is 5.93. The number of hydrogen-bond acceptors (Lipinski definition) is 4. The highest BCUT2D eigenvalue weighted by Crippen LogP contribution is 2.31. The monoisotopic (exact) mass is 297 g/mol. The molecule has 5 heteroatoms. The van der Waals surface area contributed by atoms with Gasteiger partial charge in [-0.2, -0.15) is 0 Å². The Morgan fingerprint density at radius 1 is 1.32 bits per heavy atom. The number of aromatic nitrogens is 1. The molecule has 1 aliphatic carbocycles. The Bertz CT molecular complexity index is 700. The number of hydrogen-bond donors (Lipinski definition) is 2. The number of benzene rings is 1. The van der Waals surface area contributed by atoms with Crippen molar-refractivity contribution in [2.75, 3.05) is 19.0 Å². The van der Waals surface area contributed by atoms with Gasteiger partial charge in [-0.05, 0) is 23.3 Å². The molecule has 1 aliphatic rings. The molecule has 0 radical (unpaired) electrons. The van der Waals surface area contributed by atoms with Crippen molar-refractivity contribution >= 4 is 11.6 Å². The molecule has 2 N–H and O–H groups in total. The first-order chi connectivity index (χ1) is 10.6. The molecule has 0 spiro atoms. The van der Waals surface area contributed by atoms with Crippen molar-refractivity contribution in [2.45, 2.75) is 18.6 Å². The molecule has 1 amide bonds. The maximum absolute atomic E-state index is 12.4. The Kier molecular flexibility index (Phi) is 3.81. The molecule has 0 saturated carbocycles. The van der Waals surface area contributed by atoms with E-state index in [0.717, 1.165) is 16.8 Å². The van der Waals surface area contributed by atoms with Crippen LogP contribution < -0.4 is 10.2 Å². The van der Waals surface area contributed by atoms with Gasteiger partial charge >= 0.3 is 0 Å². The second-order valence-electron chi connectivity index (χ2n) is 5.72. The van der Waals surface area contributed by atoms with Crippen LogP contribution in [0.5, 0.6) is 0 Å². The summed E-state index contributed by atoms with van der Waals surface area (Å²) in [5.41, 5.74) is 3.32. The van der Waals surface area contributed by atoms with Gasteiger partial charge in [0, 0.05) is 32.4 Å². The van der Waals surface area contributed by atoms with E-state index in [2.05, 4.69) is 10.3 Å². The Morgan fingerprint density at radius 3 is 2.86 bits per heavy atom. The van der Waals surface area contributed by atoms with Crippen LogP contribution in [0.3, 0.4) is 0 Å². The summed E-state index contributed by atoms with van der Waals surface area (Å²) in [6.07, 6.45) is 1.58. The van der Waals surface area contributed by atoms with E-state index in [4.69, 9.17) is 0 Å². The van der Waals surface area contributed by atoms with Crippen molar-refractivity contribution in [1.29, 1.82) is 0 Å². The van der Waals surface area contributed by atoms with Crippen LogP contribution in [0.25, 0.3) is 0 Å². The molecule has 5 nitrogen and oxygen atoms in total. The number of rotatable bonds is 3. The molecular formula is C17H19N3O2. The van der Waals surface area contributed by atoms with E-state index in [1.807, 2.05) is 49.3 Å². The molecule has 114 valence electrons. The fourth-order valence-electron chi connectivity index (χ4n) is 2.78. The highest BCUT2D eigenvalue weighted by Gasteiger charge is 2.32. The smallest absolute Gasteiger partial charge is 0.270 e. The molecule has 1 aromatic heterocycles. The van der Waals surface area contributed by atoms with Gasteiger partial charge in [-0.1, -0.05) is 24.3 Å². The number of nitrogens with one attached hydrogen (secondary N) is 1. The molecule has 0 aliphatic heterocycles. The van der Waals surface area contributed by atoms with Gasteiger partial charge in [0.1, 0.15) is 5.69 Å². The van der Waals surface area contributed by atoms with Crippen molar-refractivity contribution in [2.24, 2.45) is 0 Å². The molecule has 2 unspecified atom stereocenters. The van der Waals surface area contributed by atoms with Gasteiger partial charge in [-0.25, -0.2) is 0 Å². The lowest BCUT2D eigenvalue weighted by atomic mass is 10.1. The molecule has 0 fully saturated rings. The molecule has 2 aromatic rings. The Labute approximate surface area is 129 Å². The van der Waals surface area contributed by atoms with Gasteiger partial charge in [0.25, 0.3) is 5.91 Å². The molecule has 1 aromatic carbocycles. The Hall–Kier alpha value is -2.40. The maximum Gasteiger partial charge on any atom is 0.270 e. The van der Waals surface area contributed by atoms with Crippen molar-refractivity contribution in [1.82, 2.24) is 10.3 Å². The first-order valence-electron chi connectivity index (χ1n) is 7.26. The third-order valence-electron chi connectivity index (χ3n) is 3.98. The van der Waals surface area contributed by atoms with E-state index in [-0.39, 0.29) is 11.9 Å². The van der Waals surface area contributed by atoms with Gasteiger partial charge in [-0.15, -0.1) is 0 Å². The third-order valence-corrected chi connectivity index (χ3v) is 3.98. The normalized spacial score (nSPS) is 19.6. The van der Waals surface area contributed by atoms with Crippen molar-refractivity contribution in [3.05, 3.63) is 59.4 Å². The number of aliphatic hydroxyl groups is 1. The maximum atomic E-state index is 12.4. The van der Waals surface area contributed by atoms with Crippen LogP contribution in [0, 0.1) is 0 Å². The van der Waals surface area contributed by atoms with Crippen LogP contribution >= 0.6 is 0 Å². The fraction of sp³-hybridized carbons (Fsp3) is 0.294. The molecule has 22 heavy (non-hydrogen) atoms. The van der Waals surface area contributed by atoms with Gasteiger partial charge < -0.3 is 15.3 Å². The number of aliphatic hydroxyl groups excluding tert-OH is 1. The summed E-state index contributed by atoms with van der Waals surface area (Å²) in [4.78, 5) is 18.5. The minimum absolute atomic E-state index is 0.274. The second kappa shape index (κ2) is 5.77. The van der Waals surface area contributed by atoms with Gasteiger partial charge in [0.2, 0.25) is 0 Å². The average molecular weight is 297 g/mol. The molecule has 2 atom stereocenters. The minimum atomic E-state index is -0.599. The summed E-state index contributed by atoms with van der Waals surface area (Å²) in [6, 6.07) is 11.0. The lowest BCUT2D eigenvalue weighted by molar-refractivity contribution is 0.0853. The lowest BCUT2D eigenvalue weighted by Gasteiger charge is -2.18. The minimum Gasteiger partial charge on any atom is -0.390 e. The van der Waals surface area contributed by atoms with Crippen LogP contribution in [0.1, 0.15) is 27.7 Å². The number of nitrogens with zero attached hydrogens (tertiary/aromatic N) is 2. The Morgan fingerprint density at radius 2 is 2.09 bits per heavy atom. The lowest BCUT2D eigenvalue weighted by Crippen LogP contribution is -2.34. The number of anilines is 1. The van der Waals surface area contributed by atoms with E-state index >= 15 is 0 Å². The summed E-state index contributed by atoms with van der Waals surface area (Å²) in [7, 11) is 3.82. The summed E-state index contributed by atoms with van der Waals surface area (Å²) in [5, 5.41) is 13.1. The molecule has 0 saturated heterocycles.